The predicted octanol–water partition coefficient (Wildman–Crippen LogP) is 5.31. The van der Waals surface area contributed by atoms with Gasteiger partial charge in [0.25, 0.3) is 0 Å². The number of rotatable bonds is 10. The topological polar surface area (TPSA) is 45.2 Å². The standard InChI is InChI=1S/C29H31N5/c1-33(20-26-8-4-3-5-9-26)22-28-18-24(13-16-31-28)11-12-25-14-17-32-29(19-25)23-34(2)21-27-10-6-7-15-30-27/h3-19H,20-23H2,1-2H3. The first-order valence-corrected chi connectivity index (χ1v) is 11.5. The molecule has 1 aromatic carbocycles. The lowest BCUT2D eigenvalue weighted by Gasteiger charge is -2.16. The predicted molar refractivity (Wildman–Crippen MR) is 138 cm³/mol. The maximum atomic E-state index is 4.56. The van der Waals surface area contributed by atoms with E-state index in [4.69, 9.17) is 0 Å². The molecule has 0 atom stereocenters. The van der Waals surface area contributed by atoms with Crippen molar-refractivity contribution < 1.29 is 0 Å². The van der Waals surface area contributed by atoms with Crippen molar-refractivity contribution in [2.45, 2.75) is 26.2 Å². The van der Waals surface area contributed by atoms with Crippen molar-refractivity contribution in [3.8, 4) is 0 Å². The Balaban J connectivity index is 1.35. The van der Waals surface area contributed by atoms with Gasteiger partial charge < -0.3 is 0 Å². The minimum absolute atomic E-state index is 0.769. The van der Waals surface area contributed by atoms with Crippen LogP contribution in [0.5, 0.6) is 0 Å². The van der Waals surface area contributed by atoms with Gasteiger partial charge in [-0.25, -0.2) is 0 Å². The maximum absolute atomic E-state index is 4.56. The van der Waals surface area contributed by atoms with E-state index in [-0.39, 0.29) is 0 Å². The van der Waals surface area contributed by atoms with Crippen molar-refractivity contribution in [2.24, 2.45) is 0 Å². The van der Waals surface area contributed by atoms with Crippen molar-refractivity contribution >= 4 is 12.2 Å². The van der Waals surface area contributed by atoms with Gasteiger partial charge in [-0.05, 0) is 67.2 Å². The third kappa shape index (κ3) is 7.44. The van der Waals surface area contributed by atoms with Gasteiger partial charge in [-0.1, -0.05) is 48.6 Å². The van der Waals surface area contributed by atoms with Gasteiger partial charge in [0.05, 0.1) is 17.1 Å². The van der Waals surface area contributed by atoms with Crippen LogP contribution in [0.15, 0.2) is 91.4 Å². The van der Waals surface area contributed by atoms with Crippen molar-refractivity contribution in [3.63, 3.8) is 0 Å². The smallest absolute Gasteiger partial charge is 0.0549 e. The zero-order chi connectivity index (χ0) is 23.6. The first-order chi connectivity index (χ1) is 16.6. The second kappa shape index (κ2) is 12.0. The van der Waals surface area contributed by atoms with Crippen LogP contribution in [0.3, 0.4) is 0 Å². The zero-order valence-electron chi connectivity index (χ0n) is 19.9. The fraction of sp³-hybridized carbons (Fsp3) is 0.207. The summed E-state index contributed by atoms with van der Waals surface area (Å²) in [5.41, 5.74) is 6.74. The summed E-state index contributed by atoms with van der Waals surface area (Å²) in [5, 5.41) is 0. The number of benzene rings is 1. The van der Waals surface area contributed by atoms with Crippen LogP contribution in [0.2, 0.25) is 0 Å². The van der Waals surface area contributed by atoms with Gasteiger partial charge in [0, 0.05) is 44.8 Å². The molecule has 5 heteroatoms. The van der Waals surface area contributed by atoms with E-state index in [1.807, 2.05) is 55.0 Å². The number of pyridine rings is 3. The second-order valence-corrected chi connectivity index (χ2v) is 8.65. The van der Waals surface area contributed by atoms with E-state index in [1.54, 1.807) is 0 Å². The molecule has 0 unspecified atom stereocenters. The van der Waals surface area contributed by atoms with Gasteiger partial charge in [-0.2, -0.15) is 0 Å². The molecule has 3 heterocycles. The van der Waals surface area contributed by atoms with E-state index in [0.29, 0.717) is 0 Å². The lowest BCUT2D eigenvalue weighted by Crippen LogP contribution is -2.18. The summed E-state index contributed by atoms with van der Waals surface area (Å²) in [6.45, 7) is 3.27. The summed E-state index contributed by atoms with van der Waals surface area (Å²) in [7, 11) is 4.22. The fourth-order valence-corrected chi connectivity index (χ4v) is 3.89. The molecule has 0 saturated heterocycles. The van der Waals surface area contributed by atoms with Gasteiger partial charge in [-0.15, -0.1) is 0 Å². The van der Waals surface area contributed by atoms with Crippen molar-refractivity contribution in [3.05, 3.63) is 125 Å². The Labute approximate surface area is 202 Å². The number of hydrogen-bond acceptors (Lipinski definition) is 5. The Hall–Kier alpha value is -3.67. The molecular weight excluding hydrogens is 418 g/mol. The minimum atomic E-state index is 0.769. The van der Waals surface area contributed by atoms with Gasteiger partial charge in [0.2, 0.25) is 0 Å². The van der Waals surface area contributed by atoms with Gasteiger partial charge in [-0.3, -0.25) is 24.8 Å². The summed E-state index contributed by atoms with van der Waals surface area (Å²) in [6.07, 6.45) is 9.87. The second-order valence-electron chi connectivity index (χ2n) is 8.65. The van der Waals surface area contributed by atoms with E-state index in [9.17, 15) is 0 Å². The van der Waals surface area contributed by atoms with Crippen molar-refractivity contribution in [1.82, 2.24) is 24.8 Å². The number of aromatic nitrogens is 3. The molecule has 4 rings (SSSR count). The Kier molecular flexibility index (Phi) is 8.27. The molecule has 0 fully saturated rings. The van der Waals surface area contributed by atoms with Crippen LogP contribution >= 0.6 is 0 Å². The van der Waals surface area contributed by atoms with Crippen molar-refractivity contribution in [2.75, 3.05) is 14.1 Å². The van der Waals surface area contributed by atoms with E-state index in [0.717, 1.165) is 54.4 Å². The lowest BCUT2D eigenvalue weighted by molar-refractivity contribution is 0.311. The number of hydrogen-bond donors (Lipinski definition) is 0. The summed E-state index contributed by atoms with van der Waals surface area (Å²) >= 11 is 0. The maximum Gasteiger partial charge on any atom is 0.0549 e. The first-order valence-electron chi connectivity index (χ1n) is 11.5. The zero-order valence-corrected chi connectivity index (χ0v) is 19.9. The molecule has 0 bridgehead atoms. The fourth-order valence-electron chi connectivity index (χ4n) is 3.89. The van der Waals surface area contributed by atoms with Crippen molar-refractivity contribution in [1.29, 1.82) is 0 Å². The Morgan fingerprint density at radius 2 is 1.09 bits per heavy atom. The molecule has 0 radical (unpaired) electrons. The van der Waals surface area contributed by atoms with Crippen LogP contribution in [0.1, 0.15) is 33.8 Å². The third-order valence-electron chi connectivity index (χ3n) is 5.47. The highest BCUT2D eigenvalue weighted by atomic mass is 15.1. The molecule has 0 spiro atoms. The molecule has 0 aliphatic carbocycles. The lowest BCUT2D eigenvalue weighted by atomic mass is 10.1. The molecule has 0 saturated carbocycles. The van der Waals surface area contributed by atoms with E-state index >= 15 is 0 Å². The monoisotopic (exact) mass is 449 g/mol. The Bertz CT molecular complexity index is 1100. The average molecular weight is 450 g/mol. The summed E-state index contributed by atoms with van der Waals surface area (Å²) in [6, 6.07) is 24.9. The molecule has 0 amide bonds. The molecule has 34 heavy (non-hydrogen) atoms. The highest BCUT2D eigenvalue weighted by Crippen LogP contribution is 2.13. The largest absolute Gasteiger partial charge is 0.296 e. The van der Waals surface area contributed by atoms with Gasteiger partial charge >= 0.3 is 0 Å². The van der Waals surface area contributed by atoms with E-state index in [1.165, 1.54) is 5.56 Å². The minimum Gasteiger partial charge on any atom is -0.296 e. The average Bonchev–Trinajstić information content (AvgIpc) is 2.84. The molecule has 172 valence electrons. The Morgan fingerprint density at radius 3 is 1.68 bits per heavy atom. The molecule has 4 aromatic rings. The SMILES string of the molecule is CN(Cc1ccccc1)Cc1cc(C=Cc2ccnc(CN(C)Cc3ccccn3)c2)ccn1. The number of nitrogens with zero attached hydrogens (tertiary/aromatic N) is 5. The van der Waals surface area contributed by atoms with Crippen LogP contribution < -0.4 is 0 Å². The summed E-state index contributed by atoms with van der Waals surface area (Å²) in [5.74, 6) is 0. The summed E-state index contributed by atoms with van der Waals surface area (Å²) < 4.78 is 0. The van der Waals surface area contributed by atoms with Crippen LogP contribution in [-0.4, -0.2) is 38.8 Å². The Morgan fingerprint density at radius 1 is 0.559 bits per heavy atom. The molecule has 0 aliphatic heterocycles. The molecule has 3 aromatic heterocycles. The van der Waals surface area contributed by atoms with Crippen LogP contribution in [0.4, 0.5) is 0 Å². The van der Waals surface area contributed by atoms with E-state index in [2.05, 4.69) is 87.4 Å². The highest BCUT2D eigenvalue weighted by molar-refractivity contribution is 5.69. The summed E-state index contributed by atoms with van der Waals surface area (Å²) in [4.78, 5) is 18.0. The quantitative estimate of drug-likeness (QED) is 0.328. The molecule has 0 aliphatic rings. The van der Waals surface area contributed by atoms with Crippen LogP contribution in [0.25, 0.3) is 12.2 Å². The highest BCUT2D eigenvalue weighted by Gasteiger charge is 2.05. The molecule has 0 N–H and O–H groups in total. The van der Waals surface area contributed by atoms with Gasteiger partial charge in [0.15, 0.2) is 0 Å². The normalized spacial score (nSPS) is 11.5. The third-order valence-corrected chi connectivity index (χ3v) is 5.47. The van der Waals surface area contributed by atoms with Crippen LogP contribution in [-0.2, 0) is 26.2 Å². The van der Waals surface area contributed by atoms with E-state index < -0.39 is 0 Å². The molecular formula is C29H31N5. The molecule has 5 nitrogen and oxygen atoms in total. The van der Waals surface area contributed by atoms with Gasteiger partial charge in [0.1, 0.15) is 0 Å². The first kappa shape index (κ1) is 23.5. The van der Waals surface area contributed by atoms with Crippen LogP contribution in [0, 0.1) is 0 Å².